The Morgan fingerprint density at radius 2 is 1.82 bits per heavy atom. The van der Waals surface area contributed by atoms with E-state index in [9.17, 15) is 17.6 Å². The number of halogens is 1. The average molecular weight is 403 g/mol. The van der Waals surface area contributed by atoms with Crippen LogP contribution in [0.5, 0.6) is 0 Å². The van der Waals surface area contributed by atoms with Gasteiger partial charge in [0.2, 0.25) is 15.9 Å². The minimum absolute atomic E-state index is 0.182. The van der Waals surface area contributed by atoms with Gasteiger partial charge in [0.15, 0.2) is 0 Å². The van der Waals surface area contributed by atoms with Gasteiger partial charge < -0.3 is 0 Å². The number of carbonyl (C=O) groups excluding carboxylic acids is 1. The van der Waals surface area contributed by atoms with E-state index in [1.54, 1.807) is 56.3 Å². The maximum absolute atomic E-state index is 14.4. The fraction of sp³-hybridized carbons (Fsp3) is 0.300. The molecule has 6 nitrogen and oxygen atoms in total. The average Bonchev–Trinajstić information content (AvgIpc) is 3.05. The SMILES string of the molecule is CC(C)C(=O)N1N=C(c2ccc(NS(C)(=O)=O)cc2)C[C@@H]1c1ccccc1F. The van der Waals surface area contributed by atoms with E-state index in [0.29, 0.717) is 23.4 Å². The lowest BCUT2D eigenvalue weighted by atomic mass is 9.97. The molecule has 0 fully saturated rings. The number of carbonyl (C=O) groups is 1. The van der Waals surface area contributed by atoms with Crippen LogP contribution in [0.15, 0.2) is 53.6 Å². The number of sulfonamides is 1. The van der Waals surface area contributed by atoms with E-state index >= 15 is 0 Å². The molecule has 0 aromatic heterocycles. The highest BCUT2D eigenvalue weighted by Crippen LogP contribution is 2.35. The lowest BCUT2D eigenvalue weighted by molar-refractivity contribution is -0.136. The molecule has 2 aromatic carbocycles. The Morgan fingerprint density at radius 1 is 1.18 bits per heavy atom. The van der Waals surface area contributed by atoms with Crippen LogP contribution < -0.4 is 4.72 Å². The van der Waals surface area contributed by atoms with Crippen LogP contribution in [-0.2, 0) is 14.8 Å². The third kappa shape index (κ3) is 4.39. The second kappa shape index (κ2) is 7.71. The van der Waals surface area contributed by atoms with Gasteiger partial charge in [0.25, 0.3) is 0 Å². The number of rotatable bonds is 5. The van der Waals surface area contributed by atoms with Crippen molar-refractivity contribution in [2.45, 2.75) is 26.3 Å². The van der Waals surface area contributed by atoms with E-state index in [2.05, 4.69) is 9.82 Å². The van der Waals surface area contributed by atoms with Crippen LogP contribution >= 0.6 is 0 Å². The second-order valence-corrected chi connectivity index (χ2v) is 8.83. The molecule has 1 amide bonds. The van der Waals surface area contributed by atoms with Gasteiger partial charge in [-0.3, -0.25) is 9.52 Å². The Kier molecular flexibility index (Phi) is 5.51. The van der Waals surface area contributed by atoms with Gasteiger partial charge in [-0.15, -0.1) is 0 Å². The highest BCUT2D eigenvalue weighted by atomic mass is 32.2. The lowest BCUT2D eigenvalue weighted by Crippen LogP contribution is -2.31. The quantitative estimate of drug-likeness (QED) is 0.829. The maximum Gasteiger partial charge on any atom is 0.245 e. The first kappa shape index (κ1) is 20.0. The largest absolute Gasteiger partial charge is 0.284 e. The van der Waals surface area contributed by atoms with Crippen LogP contribution in [0.1, 0.15) is 37.4 Å². The van der Waals surface area contributed by atoms with Crippen molar-refractivity contribution in [2.75, 3.05) is 11.0 Å². The van der Waals surface area contributed by atoms with Gasteiger partial charge in [-0.25, -0.2) is 17.8 Å². The smallest absolute Gasteiger partial charge is 0.245 e. The van der Waals surface area contributed by atoms with Crippen molar-refractivity contribution in [3.05, 3.63) is 65.5 Å². The molecule has 1 N–H and O–H groups in total. The number of amides is 1. The zero-order chi connectivity index (χ0) is 20.5. The summed E-state index contributed by atoms with van der Waals surface area (Å²) in [6.07, 6.45) is 1.45. The number of nitrogens with zero attached hydrogens (tertiary/aromatic N) is 2. The first-order valence-corrected chi connectivity index (χ1v) is 10.8. The number of hydrazone groups is 1. The standard InChI is InChI=1S/C20H22FN3O3S/c1-13(2)20(25)24-19(16-6-4-5-7-17(16)21)12-18(22-24)14-8-10-15(11-9-14)23-28(3,26)27/h4-11,13,19,23H,12H2,1-3H3/t19-/m1/s1. The molecule has 1 atom stereocenters. The number of hydrogen-bond acceptors (Lipinski definition) is 4. The zero-order valence-electron chi connectivity index (χ0n) is 15.9. The summed E-state index contributed by atoms with van der Waals surface area (Å²) >= 11 is 0. The summed E-state index contributed by atoms with van der Waals surface area (Å²) < 4.78 is 39.4. The predicted molar refractivity (Wildman–Crippen MR) is 107 cm³/mol. The number of hydrogen-bond donors (Lipinski definition) is 1. The van der Waals surface area contributed by atoms with E-state index in [1.165, 1.54) is 11.1 Å². The minimum Gasteiger partial charge on any atom is -0.284 e. The topological polar surface area (TPSA) is 78.8 Å². The molecular formula is C20H22FN3O3S. The van der Waals surface area contributed by atoms with E-state index in [1.807, 2.05) is 0 Å². The highest BCUT2D eigenvalue weighted by Gasteiger charge is 2.35. The summed E-state index contributed by atoms with van der Waals surface area (Å²) in [5, 5.41) is 5.84. The van der Waals surface area contributed by atoms with Crippen LogP contribution in [0.3, 0.4) is 0 Å². The molecule has 148 valence electrons. The van der Waals surface area contributed by atoms with Gasteiger partial charge >= 0.3 is 0 Å². The molecule has 1 aliphatic heterocycles. The molecule has 8 heteroatoms. The summed E-state index contributed by atoms with van der Waals surface area (Å²) in [5.41, 5.74) is 2.25. The molecule has 0 bridgehead atoms. The van der Waals surface area contributed by atoms with Crippen molar-refractivity contribution in [3.8, 4) is 0 Å². The Balaban J connectivity index is 1.93. The number of nitrogens with one attached hydrogen (secondary N) is 1. The molecular weight excluding hydrogens is 381 g/mol. The highest BCUT2D eigenvalue weighted by molar-refractivity contribution is 7.92. The van der Waals surface area contributed by atoms with E-state index in [0.717, 1.165) is 11.8 Å². The molecule has 1 heterocycles. The molecule has 1 aliphatic rings. The zero-order valence-corrected chi connectivity index (χ0v) is 16.7. The summed E-state index contributed by atoms with van der Waals surface area (Å²) in [6.45, 7) is 3.56. The summed E-state index contributed by atoms with van der Waals surface area (Å²) in [6, 6.07) is 12.6. The molecule has 28 heavy (non-hydrogen) atoms. The predicted octanol–water partition coefficient (Wildman–Crippen LogP) is 3.53. The molecule has 0 unspecified atom stereocenters. The minimum atomic E-state index is -3.36. The van der Waals surface area contributed by atoms with Crippen molar-refractivity contribution in [3.63, 3.8) is 0 Å². The van der Waals surface area contributed by atoms with E-state index < -0.39 is 16.1 Å². The molecule has 2 aromatic rings. The first-order chi connectivity index (χ1) is 13.2. The molecule has 0 spiro atoms. The van der Waals surface area contributed by atoms with E-state index in [4.69, 9.17) is 0 Å². The second-order valence-electron chi connectivity index (χ2n) is 7.08. The molecule has 0 saturated carbocycles. The summed E-state index contributed by atoms with van der Waals surface area (Å²) in [4.78, 5) is 12.6. The van der Waals surface area contributed by atoms with Crippen LogP contribution in [0.2, 0.25) is 0 Å². The Labute approximate surface area is 164 Å². The monoisotopic (exact) mass is 403 g/mol. The maximum atomic E-state index is 14.4. The van der Waals surface area contributed by atoms with Crippen molar-refractivity contribution in [1.29, 1.82) is 0 Å². The normalized spacial score (nSPS) is 17.0. The molecule has 0 radical (unpaired) electrons. The number of anilines is 1. The van der Waals surface area contributed by atoms with Crippen LogP contribution in [0.4, 0.5) is 10.1 Å². The number of benzene rings is 2. The Morgan fingerprint density at radius 3 is 2.39 bits per heavy atom. The van der Waals surface area contributed by atoms with Crippen molar-refractivity contribution < 1.29 is 17.6 Å². The van der Waals surface area contributed by atoms with E-state index in [-0.39, 0.29) is 17.6 Å². The van der Waals surface area contributed by atoms with Crippen molar-refractivity contribution >= 4 is 27.3 Å². The molecule has 0 saturated heterocycles. The fourth-order valence-corrected chi connectivity index (χ4v) is 3.65. The fourth-order valence-electron chi connectivity index (χ4n) is 3.08. The van der Waals surface area contributed by atoms with Crippen molar-refractivity contribution in [1.82, 2.24) is 5.01 Å². The van der Waals surface area contributed by atoms with Crippen LogP contribution in [-0.4, -0.2) is 31.3 Å². The Bertz CT molecular complexity index is 1020. The van der Waals surface area contributed by atoms with Crippen LogP contribution in [0, 0.1) is 11.7 Å². The van der Waals surface area contributed by atoms with Crippen molar-refractivity contribution in [2.24, 2.45) is 11.0 Å². The van der Waals surface area contributed by atoms with Gasteiger partial charge in [0.1, 0.15) is 5.82 Å². The van der Waals surface area contributed by atoms with Gasteiger partial charge in [-0.2, -0.15) is 5.10 Å². The summed E-state index contributed by atoms with van der Waals surface area (Å²) in [5.74, 6) is -0.837. The third-order valence-electron chi connectivity index (χ3n) is 4.42. The first-order valence-electron chi connectivity index (χ1n) is 8.89. The molecule has 3 rings (SSSR count). The third-order valence-corrected chi connectivity index (χ3v) is 5.02. The van der Waals surface area contributed by atoms with Gasteiger partial charge in [-0.05, 0) is 23.8 Å². The van der Waals surface area contributed by atoms with Crippen LogP contribution in [0.25, 0.3) is 0 Å². The van der Waals surface area contributed by atoms with Gasteiger partial charge in [0.05, 0.1) is 18.0 Å². The summed E-state index contributed by atoms with van der Waals surface area (Å²) in [7, 11) is -3.36. The van der Waals surface area contributed by atoms with Gasteiger partial charge in [-0.1, -0.05) is 44.2 Å². The van der Waals surface area contributed by atoms with Gasteiger partial charge in [0, 0.05) is 23.6 Å². The molecule has 0 aliphatic carbocycles. The Hall–Kier alpha value is -2.74. The lowest BCUT2D eigenvalue weighted by Gasteiger charge is -2.23.